The summed E-state index contributed by atoms with van der Waals surface area (Å²) in [5, 5.41) is 11.4. The standard InChI is InChI=1S/C21H19N3O4S/c1-27-18-11-7-16(8-12-18)22-15-23(17-9-13-19(28-2)14-10-17)29-21-6-4-3-5-20(21)24(25)26/h3-15H,1-2H3. The lowest BCUT2D eigenvalue weighted by Crippen LogP contribution is -2.11. The van der Waals surface area contributed by atoms with Crippen LogP contribution in [0.1, 0.15) is 0 Å². The summed E-state index contributed by atoms with van der Waals surface area (Å²) >= 11 is 1.21. The number of aliphatic imine (C=N–C) groups is 1. The Labute approximate surface area is 172 Å². The van der Waals surface area contributed by atoms with Crippen molar-refractivity contribution in [1.29, 1.82) is 0 Å². The maximum Gasteiger partial charge on any atom is 0.284 e. The van der Waals surface area contributed by atoms with Crippen LogP contribution in [0.4, 0.5) is 17.1 Å². The molecule has 7 nitrogen and oxygen atoms in total. The molecule has 3 rings (SSSR count). The van der Waals surface area contributed by atoms with Crippen molar-refractivity contribution in [3.05, 3.63) is 82.9 Å². The third-order valence-electron chi connectivity index (χ3n) is 3.97. The third kappa shape index (κ3) is 5.26. The Morgan fingerprint density at radius 3 is 2.10 bits per heavy atom. The normalized spacial score (nSPS) is 10.7. The molecule has 0 aliphatic carbocycles. The first-order chi connectivity index (χ1) is 14.1. The second-order valence-electron chi connectivity index (χ2n) is 5.78. The van der Waals surface area contributed by atoms with Gasteiger partial charge in [0.05, 0.1) is 30.5 Å². The fourth-order valence-corrected chi connectivity index (χ4v) is 3.36. The average Bonchev–Trinajstić information content (AvgIpc) is 2.77. The molecule has 0 bridgehead atoms. The van der Waals surface area contributed by atoms with Crippen LogP contribution in [0.25, 0.3) is 0 Å². The van der Waals surface area contributed by atoms with E-state index in [1.54, 1.807) is 43.1 Å². The van der Waals surface area contributed by atoms with Crippen molar-refractivity contribution in [2.75, 3.05) is 18.5 Å². The Morgan fingerprint density at radius 1 is 0.931 bits per heavy atom. The first kappa shape index (κ1) is 20.2. The smallest absolute Gasteiger partial charge is 0.284 e. The number of anilines is 1. The molecule has 0 aliphatic heterocycles. The minimum absolute atomic E-state index is 0.0360. The summed E-state index contributed by atoms with van der Waals surface area (Å²) in [6.45, 7) is 0. The molecule has 0 fully saturated rings. The predicted octanol–water partition coefficient (Wildman–Crippen LogP) is 5.49. The zero-order valence-electron chi connectivity index (χ0n) is 15.9. The van der Waals surface area contributed by atoms with E-state index in [4.69, 9.17) is 9.47 Å². The van der Waals surface area contributed by atoms with Gasteiger partial charge in [-0.3, -0.25) is 14.4 Å². The second-order valence-corrected chi connectivity index (χ2v) is 6.80. The minimum Gasteiger partial charge on any atom is -0.497 e. The number of methoxy groups -OCH3 is 2. The van der Waals surface area contributed by atoms with Gasteiger partial charge in [0.25, 0.3) is 5.69 Å². The van der Waals surface area contributed by atoms with Gasteiger partial charge in [-0.1, -0.05) is 12.1 Å². The molecule has 0 heterocycles. The van der Waals surface area contributed by atoms with Gasteiger partial charge in [0, 0.05) is 18.0 Å². The number of nitro groups is 1. The third-order valence-corrected chi connectivity index (χ3v) is 5.01. The van der Waals surface area contributed by atoms with E-state index in [1.807, 2.05) is 48.5 Å². The van der Waals surface area contributed by atoms with Crippen LogP contribution in [0.3, 0.4) is 0 Å². The minimum atomic E-state index is -0.394. The fourth-order valence-electron chi connectivity index (χ4n) is 2.45. The SMILES string of the molecule is COc1ccc(N=CN(Sc2ccccc2[N+](=O)[O-])c2ccc(OC)cc2)cc1. The van der Waals surface area contributed by atoms with E-state index in [1.165, 1.54) is 18.0 Å². The number of nitrogens with zero attached hydrogens (tertiary/aromatic N) is 3. The van der Waals surface area contributed by atoms with Crippen molar-refractivity contribution in [2.45, 2.75) is 4.90 Å². The van der Waals surface area contributed by atoms with E-state index in [9.17, 15) is 10.1 Å². The van der Waals surface area contributed by atoms with Crippen molar-refractivity contribution in [3.8, 4) is 11.5 Å². The molecule has 0 N–H and O–H groups in total. The largest absolute Gasteiger partial charge is 0.497 e. The lowest BCUT2D eigenvalue weighted by atomic mass is 10.3. The molecule has 8 heteroatoms. The van der Waals surface area contributed by atoms with Crippen molar-refractivity contribution < 1.29 is 14.4 Å². The monoisotopic (exact) mass is 409 g/mol. The van der Waals surface area contributed by atoms with Gasteiger partial charge in [0.2, 0.25) is 0 Å². The first-order valence-electron chi connectivity index (χ1n) is 8.63. The van der Waals surface area contributed by atoms with Gasteiger partial charge in [-0.15, -0.1) is 0 Å². The van der Waals surface area contributed by atoms with Crippen LogP contribution < -0.4 is 13.8 Å². The molecular weight excluding hydrogens is 390 g/mol. The predicted molar refractivity (Wildman–Crippen MR) is 116 cm³/mol. The molecule has 0 spiro atoms. The first-order valence-corrected chi connectivity index (χ1v) is 9.41. The fraction of sp³-hybridized carbons (Fsp3) is 0.0952. The van der Waals surface area contributed by atoms with Crippen molar-refractivity contribution in [2.24, 2.45) is 4.99 Å². The van der Waals surface area contributed by atoms with Gasteiger partial charge < -0.3 is 9.47 Å². The highest BCUT2D eigenvalue weighted by Gasteiger charge is 2.17. The second kappa shape index (κ2) is 9.61. The van der Waals surface area contributed by atoms with Gasteiger partial charge >= 0.3 is 0 Å². The summed E-state index contributed by atoms with van der Waals surface area (Å²) in [6.07, 6.45) is 1.63. The highest BCUT2D eigenvalue weighted by Crippen LogP contribution is 2.34. The summed E-state index contributed by atoms with van der Waals surface area (Å²) in [5.41, 5.74) is 1.56. The number of para-hydroxylation sites is 1. The molecule has 0 atom stereocenters. The molecule has 0 saturated carbocycles. The van der Waals surface area contributed by atoms with E-state index >= 15 is 0 Å². The summed E-state index contributed by atoms with van der Waals surface area (Å²) in [7, 11) is 3.20. The van der Waals surface area contributed by atoms with E-state index in [2.05, 4.69) is 4.99 Å². The lowest BCUT2D eigenvalue weighted by molar-refractivity contribution is -0.387. The van der Waals surface area contributed by atoms with E-state index < -0.39 is 4.92 Å². The molecule has 148 valence electrons. The summed E-state index contributed by atoms with van der Waals surface area (Å²) in [6, 6.07) is 21.3. The summed E-state index contributed by atoms with van der Waals surface area (Å²) < 4.78 is 12.1. The molecule has 0 amide bonds. The number of rotatable bonds is 8. The zero-order chi connectivity index (χ0) is 20.6. The molecule has 0 radical (unpaired) electrons. The number of nitro benzene ring substituents is 1. The number of hydrogen-bond acceptors (Lipinski definition) is 6. The molecule has 3 aromatic rings. The number of benzene rings is 3. The van der Waals surface area contributed by atoms with E-state index in [0.717, 1.165) is 22.9 Å². The van der Waals surface area contributed by atoms with Gasteiger partial charge in [0.1, 0.15) is 22.7 Å². The summed E-state index contributed by atoms with van der Waals surface area (Å²) in [4.78, 5) is 16.0. The number of ether oxygens (including phenoxy) is 2. The van der Waals surface area contributed by atoms with Crippen LogP contribution >= 0.6 is 11.9 Å². The molecule has 0 saturated heterocycles. The molecule has 0 aromatic heterocycles. The lowest BCUT2D eigenvalue weighted by Gasteiger charge is -2.18. The van der Waals surface area contributed by atoms with E-state index in [-0.39, 0.29) is 5.69 Å². The quantitative estimate of drug-likeness (QED) is 0.161. The van der Waals surface area contributed by atoms with Crippen LogP contribution in [0.2, 0.25) is 0 Å². The maximum atomic E-state index is 11.4. The van der Waals surface area contributed by atoms with Crippen LogP contribution in [0.15, 0.2) is 82.7 Å². The number of hydrogen-bond donors (Lipinski definition) is 0. The Kier molecular flexibility index (Phi) is 6.70. The van der Waals surface area contributed by atoms with E-state index in [0.29, 0.717) is 4.90 Å². The van der Waals surface area contributed by atoms with Gasteiger partial charge in [-0.2, -0.15) is 0 Å². The van der Waals surface area contributed by atoms with Crippen molar-refractivity contribution >= 4 is 35.3 Å². The maximum absolute atomic E-state index is 11.4. The molecule has 3 aromatic carbocycles. The zero-order valence-corrected chi connectivity index (χ0v) is 16.7. The van der Waals surface area contributed by atoms with Crippen LogP contribution in [-0.4, -0.2) is 25.5 Å². The van der Waals surface area contributed by atoms with Gasteiger partial charge in [-0.25, -0.2) is 4.99 Å². The van der Waals surface area contributed by atoms with Crippen LogP contribution in [0.5, 0.6) is 11.5 Å². The average molecular weight is 409 g/mol. The van der Waals surface area contributed by atoms with Gasteiger partial charge in [-0.05, 0) is 54.6 Å². The van der Waals surface area contributed by atoms with Crippen molar-refractivity contribution in [3.63, 3.8) is 0 Å². The molecular formula is C21H19N3O4S. The van der Waals surface area contributed by atoms with Crippen LogP contribution in [-0.2, 0) is 0 Å². The molecule has 0 unspecified atom stereocenters. The van der Waals surface area contributed by atoms with Crippen molar-refractivity contribution in [1.82, 2.24) is 0 Å². The molecule has 0 aliphatic rings. The summed E-state index contributed by atoms with van der Waals surface area (Å²) in [5.74, 6) is 1.46. The van der Waals surface area contributed by atoms with Gasteiger partial charge in [0.15, 0.2) is 0 Å². The Balaban J connectivity index is 1.92. The topological polar surface area (TPSA) is 77.2 Å². The Hall–Kier alpha value is -3.52. The molecule has 29 heavy (non-hydrogen) atoms. The highest BCUT2D eigenvalue weighted by atomic mass is 32.2. The van der Waals surface area contributed by atoms with Crippen LogP contribution in [0, 0.1) is 10.1 Å². The highest BCUT2D eigenvalue weighted by molar-refractivity contribution is 8.01. The Bertz CT molecular complexity index is 992. The Morgan fingerprint density at radius 2 is 1.52 bits per heavy atom.